The number of imidazole rings is 1. The number of amides is 1. The summed E-state index contributed by atoms with van der Waals surface area (Å²) in [6.07, 6.45) is 1.62. The van der Waals surface area contributed by atoms with E-state index in [1.165, 1.54) is 5.56 Å². The number of aromatic nitrogens is 3. The molecular weight excluding hydrogens is 348 g/mol. The molecule has 0 saturated carbocycles. The number of hydrogen-bond acceptors (Lipinski definition) is 3. The third kappa shape index (κ3) is 3.39. The number of carbonyl (C=O) groups excluding carboxylic acids is 1. The number of benzene rings is 2. The maximum absolute atomic E-state index is 12.6. The van der Waals surface area contributed by atoms with Gasteiger partial charge in [-0.2, -0.15) is 0 Å². The summed E-state index contributed by atoms with van der Waals surface area (Å²) in [5.74, 6) is 0.612. The highest BCUT2D eigenvalue weighted by atomic mass is 16.1. The molecule has 0 radical (unpaired) electrons. The molecule has 0 fully saturated rings. The largest absolute Gasteiger partial charge is 0.341 e. The standard InChI is InChI=1S/C23H22N4O/c1-16(25-23(28)20-13-8-9-15-24-20)22-26-19-12-6-7-14-21(19)27(22)17(2)18-10-4-3-5-11-18/h3-17H,1-2H3,(H,25,28). The minimum atomic E-state index is -0.270. The van der Waals surface area contributed by atoms with Crippen LogP contribution in [0.1, 0.15) is 47.8 Å². The molecule has 0 aliphatic heterocycles. The Hall–Kier alpha value is -3.47. The summed E-state index contributed by atoms with van der Waals surface area (Å²) >= 11 is 0. The van der Waals surface area contributed by atoms with Gasteiger partial charge in [0.05, 0.1) is 23.1 Å². The van der Waals surface area contributed by atoms with Gasteiger partial charge in [-0.1, -0.05) is 48.5 Å². The average Bonchev–Trinajstić information content (AvgIpc) is 3.14. The Morgan fingerprint density at radius 1 is 0.929 bits per heavy atom. The zero-order valence-electron chi connectivity index (χ0n) is 15.9. The molecule has 0 bridgehead atoms. The molecule has 2 atom stereocenters. The molecule has 4 rings (SSSR count). The quantitative estimate of drug-likeness (QED) is 0.561. The van der Waals surface area contributed by atoms with Crippen molar-refractivity contribution in [2.75, 3.05) is 0 Å². The molecule has 2 heterocycles. The first kappa shape index (κ1) is 17.9. The van der Waals surface area contributed by atoms with Crippen LogP contribution in [0, 0.1) is 0 Å². The number of nitrogens with zero attached hydrogens (tertiary/aromatic N) is 3. The van der Waals surface area contributed by atoms with Gasteiger partial charge in [-0.15, -0.1) is 0 Å². The zero-order chi connectivity index (χ0) is 19.5. The van der Waals surface area contributed by atoms with Gasteiger partial charge in [0, 0.05) is 6.20 Å². The third-order valence-electron chi connectivity index (χ3n) is 4.92. The number of carbonyl (C=O) groups is 1. The van der Waals surface area contributed by atoms with E-state index in [9.17, 15) is 4.79 Å². The number of para-hydroxylation sites is 2. The van der Waals surface area contributed by atoms with Crippen molar-refractivity contribution in [2.24, 2.45) is 0 Å². The molecular formula is C23H22N4O. The molecule has 5 heteroatoms. The van der Waals surface area contributed by atoms with Gasteiger partial charge in [0.1, 0.15) is 11.5 Å². The van der Waals surface area contributed by atoms with Crippen LogP contribution in [0.4, 0.5) is 0 Å². The fourth-order valence-electron chi connectivity index (χ4n) is 3.49. The van der Waals surface area contributed by atoms with Crippen molar-refractivity contribution in [3.63, 3.8) is 0 Å². The van der Waals surface area contributed by atoms with Gasteiger partial charge in [-0.05, 0) is 43.7 Å². The predicted octanol–water partition coefficient (Wildman–Crippen LogP) is 4.53. The lowest BCUT2D eigenvalue weighted by molar-refractivity contribution is 0.0932. The van der Waals surface area contributed by atoms with E-state index in [-0.39, 0.29) is 18.0 Å². The Morgan fingerprint density at radius 2 is 1.64 bits per heavy atom. The molecule has 140 valence electrons. The van der Waals surface area contributed by atoms with E-state index in [0.717, 1.165) is 16.9 Å². The van der Waals surface area contributed by atoms with E-state index in [1.54, 1.807) is 24.4 Å². The molecule has 1 N–H and O–H groups in total. The minimum absolute atomic E-state index is 0.0813. The maximum atomic E-state index is 12.6. The van der Waals surface area contributed by atoms with Gasteiger partial charge in [0.25, 0.3) is 5.91 Å². The first-order valence-electron chi connectivity index (χ1n) is 9.39. The van der Waals surface area contributed by atoms with Crippen LogP contribution in [0.5, 0.6) is 0 Å². The summed E-state index contributed by atoms with van der Waals surface area (Å²) in [6, 6.07) is 23.5. The van der Waals surface area contributed by atoms with Crippen molar-refractivity contribution in [3.8, 4) is 0 Å². The summed E-state index contributed by atoms with van der Waals surface area (Å²) in [5, 5.41) is 3.04. The van der Waals surface area contributed by atoms with Crippen LogP contribution < -0.4 is 5.32 Å². The van der Waals surface area contributed by atoms with E-state index < -0.39 is 0 Å². The Morgan fingerprint density at radius 3 is 2.39 bits per heavy atom. The Balaban J connectivity index is 1.73. The average molecular weight is 370 g/mol. The lowest BCUT2D eigenvalue weighted by Gasteiger charge is -2.21. The molecule has 2 unspecified atom stereocenters. The van der Waals surface area contributed by atoms with E-state index in [4.69, 9.17) is 4.98 Å². The number of fused-ring (bicyclic) bond motifs is 1. The number of hydrogen-bond donors (Lipinski definition) is 1. The van der Waals surface area contributed by atoms with Crippen molar-refractivity contribution in [1.82, 2.24) is 19.9 Å². The summed E-state index contributed by atoms with van der Waals surface area (Å²) in [7, 11) is 0. The number of pyridine rings is 1. The van der Waals surface area contributed by atoms with Gasteiger partial charge in [-0.3, -0.25) is 9.78 Å². The van der Waals surface area contributed by atoms with Crippen LogP contribution in [0.15, 0.2) is 79.0 Å². The van der Waals surface area contributed by atoms with Crippen molar-refractivity contribution in [2.45, 2.75) is 25.9 Å². The maximum Gasteiger partial charge on any atom is 0.270 e. The van der Waals surface area contributed by atoms with Gasteiger partial charge in [-0.25, -0.2) is 4.98 Å². The highest BCUT2D eigenvalue weighted by molar-refractivity contribution is 5.92. The fraction of sp³-hybridized carbons (Fsp3) is 0.174. The summed E-state index contributed by atoms with van der Waals surface area (Å²) in [6.45, 7) is 4.11. The molecule has 2 aromatic heterocycles. The monoisotopic (exact) mass is 370 g/mol. The van der Waals surface area contributed by atoms with Crippen LogP contribution in [-0.2, 0) is 0 Å². The Bertz CT molecular complexity index is 1090. The van der Waals surface area contributed by atoms with E-state index in [2.05, 4.69) is 40.0 Å². The summed E-state index contributed by atoms with van der Waals surface area (Å²) in [5.41, 5.74) is 3.55. The highest BCUT2D eigenvalue weighted by Gasteiger charge is 2.22. The molecule has 0 aliphatic carbocycles. The first-order chi connectivity index (χ1) is 13.6. The normalized spacial score (nSPS) is 13.2. The van der Waals surface area contributed by atoms with Crippen molar-refractivity contribution in [3.05, 3.63) is 96.1 Å². The second kappa shape index (κ2) is 7.64. The molecule has 5 nitrogen and oxygen atoms in total. The van der Waals surface area contributed by atoms with E-state index in [1.807, 2.05) is 43.3 Å². The van der Waals surface area contributed by atoms with E-state index >= 15 is 0 Å². The smallest absolute Gasteiger partial charge is 0.270 e. The van der Waals surface area contributed by atoms with Gasteiger partial charge < -0.3 is 9.88 Å². The second-order valence-corrected chi connectivity index (χ2v) is 6.83. The van der Waals surface area contributed by atoms with Crippen LogP contribution in [0.3, 0.4) is 0 Å². The second-order valence-electron chi connectivity index (χ2n) is 6.83. The molecule has 28 heavy (non-hydrogen) atoms. The van der Waals surface area contributed by atoms with Crippen LogP contribution in [0.25, 0.3) is 11.0 Å². The fourth-order valence-corrected chi connectivity index (χ4v) is 3.49. The van der Waals surface area contributed by atoms with Gasteiger partial charge >= 0.3 is 0 Å². The molecule has 1 amide bonds. The van der Waals surface area contributed by atoms with Crippen molar-refractivity contribution in [1.29, 1.82) is 0 Å². The number of nitrogens with one attached hydrogen (secondary N) is 1. The Labute approximate surface area is 164 Å². The first-order valence-corrected chi connectivity index (χ1v) is 9.39. The topological polar surface area (TPSA) is 59.8 Å². The molecule has 4 aromatic rings. The SMILES string of the molecule is CC(NC(=O)c1ccccn1)c1nc2ccccc2n1C(C)c1ccccc1. The van der Waals surface area contributed by atoms with Crippen LogP contribution in [-0.4, -0.2) is 20.4 Å². The minimum Gasteiger partial charge on any atom is -0.341 e. The van der Waals surface area contributed by atoms with Crippen LogP contribution >= 0.6 is 0 Å². The van der Waals surface area contributed by atoms with E-state index in [0.29, 0.717) is 5.69 Å². The lowest BCUT2D eigenvalue weighted by Crippen LogP contribution is -2.30. The van der Waals surface area contributed by atoms with Gasteiger partial charge in [0.2, 0.25) is 0 Å². The zero-order valence-corrected chi connectivity index (χ0v) is 15.9. The predicted molar refractivity (Wildman–Crippen MR) is 110 cm³/mol. The molecule has 0 aliphatic rings. The third-order valence-corrected chi connectivity index (χ3v) is 4.92. The van der Waals surface area contributed by atoms with Crippen molar-refractivity contribution >= 4 is 16.9 Å². The van der Waals surface area contributed by atoms with Crippen LogP contribution in [0.2, 0.25) is 0 Å². The Kier molecular flexibility index (Phi) is 4.89. The molecule has 2 aromatic carbocycles. The van der Waals surface area contributed by atoms with Crippen molar-refractivity contribution < 1.29 is 4.79 Å². The summed E-state index contributed by atoms with van der Waals surface area (Å²) < 4.78 is 2.20. The highest BCUT2D eigenvalue weighted by Crippen LogP contribution is 2.28. The summed E-state index contributed by atoms with van der Waals surface area (Å²) in [4.78, 5) is 21.6. The molecule has 0 saturated heterocycles. The molecule has 0 spiro atoms. The number of rotatable bonds is 5. The lowest BCUT2D eigenvalue weighted by atomic mass is 10.1. The van der Waals surface area contributed by atoms with Gasteiger partial charge in [0.15, 0.2) is 0 Å².